The molecule has 37 heavy (non-hydrogen) atoms. The van der Waals surface area contributed by atoms with Gasteiger partial charge in [-0.1, -0.05) is 11.8 Å². The number of hydrogen-bond donors (Lipinski definition) is 4. The summed E-state index contributed by atoms with van der Waals surface area (Å²) < 4.78 is 34.8. The Balaban J connectivity index is 1.95. The molecule has 0 aliphatic carbocycles. The molecule has 0 saturated carbocycles. The lowest BCUT2D eigenvalue weighted by molar-refractivity contribution is -0.273. The fraction of sp³-hybridized carbons (Fsp3) is 0.682. The van der Waals surface area contributed by atoms with Gasteiger partial charge < -0.3 is 43.7 Å². The largest absolute Gasteiger partial charge is 0.492 e. The molecule has 2 heterocycles. The van der Waals surface area contributed by atoms with Crippen LogP contribution in [0.2, 0.25) is 0 Å². The van der Waals surface area contributed by atoms with E-state index in [0.29, 0.717) is 7.14 Å². The molecule has 2 aliphatic heterocycles. The van der Waals surface area contributed by atoms with Gasteiger partial charge in [0.15, 0.2) is 17.8 Å². The predicted molar refractivity (Wildman–Crippen MR) is 149 cm³/mol. The van der Waals surface area contributed by atoms with Crippen molar-refractivity contribution in [2.24, 2.45) is 5.90 Å². The average Bonchev–Trinajstić information content (AvgIpc) is 2.87. The second-order valence-corrected chi connectivity index (χ2v) is 11.8. The average molecular weight is 771 g/mol. The summed E-state index contributed by atoms with van der Waals surface area (Å²) in [4.78, 5) is 18.2. The van der Waals surface area contributed by atoms with Crippen LogP contribution in [0.3, 0.4) is 0 Å². The quantitative estimate of drug-likeness (QED) is 0.222. The fourth-order valence-corrected chi connectivity index (χ4v) is 6.89. The molecule has 15 heteroatoms. The number of ether oxygens (including phenoxy) is 6. The number of halogens is 2. The monoisotopic (exact) mass is 771 g/mol. The van der Waals surface area contributed by atoms with E-state index in [9.17, 15) is 20.1 Å². The van der Waals surface area contributed by atoms with Gasteiger partial charge >= 0.3 is 0 Å². The molecule has 0 radical (unpaired) electrons. The molecule has 210 valence electrons. The van der Waals surface area contributed by atoms with Crippen molar-refractivity contribution in [1.29, 1.82) is 0 Å². The van der Waals surface area contributed by atoms with E-state index in [4.69, 9.17) is 39.2 Å². The van der Waals surface area contributed by atoms with Gasteiger partial charge in [0.2, 0.25) is 17.2 Å². The summed E-state index contributed by atoms with van der Waals surface area (Å²) in [5.74, 6) is 5.61. The molecule has 0 amide bonds. The third-order valence-electron chi connectivity index (χ3n) is 6.19. The second-order valence-electron chi connectivity index (χ2n) is 8.49. The van der Waals surface area contributed by atoms with Crippen molar-refractivity contribution < 1.29 is 53.4 Å². The number of rotatable bonds is 8. The summed E-state index contributed by atoms with van der Waals surface area (Å²) in [6.07, 6.45) is -7.25. The van der Waals surface area contributed by atoms with Crippen LogP contribution >= 0.6 is 56.9 Å². The Kier molecular flexibility index (Phi) is 11.4. The molecule has 1 aromatic carbocycles. The first kappa shape index (κ1) is 31.3. The number of nitrogens with two attached hydrogens (primary N) is 1. The van der Waals surface area contributed by atoms with E-state index in [-0.39, 0.29) is 34.3 Å². The minimum absolute atomic E-state index is 0.114. The highest BCUT2D eigenvalue weighted by Gasteiger charge is 2.45. The Hall–Kier alpha value is -0.220. The molecule has 1 aromatic rings. The normalized spacial score (nSPS) is 34.2. The number of thioether (sulfide) groups is 1. The Bertz CT molecular complexity index is 961. The number of aliphatic hydroxyl groups is 3. The van der Waals surface area contributed by atoms with Crippen LogP contribution in [0.4, 0.5) is 0 Å². The van der Waals surface area contributed by atoms with E-state index in [1.54, 1.807) is 13.8 Å². The predicted octanol–water partition coefficient (Wildman–Crippen LogP) is 1.40. The molecule has 3 rings (SSSR count). The van der Waals surface area contributed by atoms with E-state index in [2.05, 4.69) is 0 Å². The number of carbonyl (C=O) groups is 1. The minimum atomic E-state index is -1.31. The van der Waals surface area contributed by atoms with Gasteiger partial charge in [0.25, 0.3) is 0 Å². The molecule has 12 nitrogen and oxygen atoms in total. The lowest BCUT2D eigenvalue weighted by atomic mass is 10.00. The van der Waals surface area contributed by atoms with E-state index < -0.39 is 54.5 Å². The lowest BCUT2D eigenvalue weighted by Gasteiger charge is -2.40. The van der Waals surface area contributed by atoms with Crippen molar-refractivity contribution in [2.75, 3.05) is 21.3 Å². The fourth-order valence-electron chi connectivity index (χ4n) is 4.24. The number of benzene rings is 1. The van der Waals surface area contributed by atoms with E-state index in [0.717, 1.165) is 11.8 Å². The van der Waals surface area contributed by atoms with Gasteiger partial charge in [-0.15, -0.1) is 0 Å². The Morgan fingerprint density at radius 3 is 2.16 bits per heavy atom. The zero-order chi connectivity index (χ0) is 27.6. The highest BCUT2D eigenvalue weighted by molar-refractivity contribution is 14.1. The van der Waals surface area contributed by atoms with Crippen molar-refractivity contribution in [3.63, 3.8) is 0 Å². The topological polar surface area (TPSA) is 168 Å². The summed E-state index contributed by atoms with van der Waals surface area (Å²) in [5, 5.41) is 30.6. The molecule has 0 bridgehead atoms. The smallest absolute Gasteiger partial charge is 0.229 e. The Morgan fingerprint density at radius 2 is 1.62 bits per heavy atom. The molecule has 5 N–H and O–H groups in total. The first-order chi connectivity index (χ1) is 17.5. The van der Waals surface area contributed by atoms with Crippen molar-refractivity contribution in [3.05, 3.63) is 12.7 Å². The van der Waals surface area contributed by atoms with Crippen LogP contribution in [-0.4, -0.2) is 96.2 Å². The van der Waals surface area contributed by atoms with E-state index in [1.165, 1.54) is 21.3 Å². The first-order valence-corrected chi connectivity index (χ1v) is 14.3. The number of carbonyl (C=O) groups excluding carboxylic acids is 1. The molecule has 9 atom stereocenters. The van der Waals surface area contributed by atoms with Crippen LogP contribution in [0.15, 0.2) is 0 Å². The maximum absolute atomic E-state index is 13.5. The summed E-state index contributed by atoms with van der Waals surface area (Å²) >= 11 is 4.93. The molecule has 2 saturated heterocycles. The van der Waals surface area contributed by atoms with Crippen LogP contribution in [-0.2, 0) is 19.0 Å². The van der Waals surface area contributed by atoms with Crippen LogP contribution < -0.4 is 20.1 Å². The van der Waals surface area contributed by atoms with Gasteiger partial charge in [-0.2, -0.15) is 0 Å². The van der Waals surface area contributed by atoms with Crippen LogP contribution in [0, 0.1) is 7.14 Å². The molecule has 2 aliphatic rings. The van der Waals surface area contributed by atoms with Gasteiger partial charge in [0, 0.05) is 17.1 Å². The van der Waals surface area contributed by atoms with Crippen molar-refractivity contribution in [3.8, 4) is 17.2 Å². The molecular formula is C22H31I2NO11S. The Labute approximate surface area is 246 Å². The SMILES string of the molecule is COc1c(O[C@@H]2O[C@@H](C)[C@H](O)[C@@H](OC)[C@H]2O)c(I)c(I)c(C(=O)S[C@H]2[C@@H](O)C[C@H](ON)O[C@@H]2C)c1OC. The molecule has 0 unspecified atom stereocenters. The molecule has 2 fully saturated rings. The van der Waals surface area contributed by atoms with Gasteiger partial charge in [-0.25, -0.2) is 5.90 Å². The summed E-state index contributed by atoms with van der Waals surface area (Å²) in [5.41, 5.74) is 0.224. The highest BCUT2D eigenvalue weighted by Crippen LogP contribution is 2.49. The summed E-state index contributed by atoms with van der Waals surface area (Å²) in [6.45, 7) is 3.36. The number of methoxy groups -OCH3 is 3. The standard InChI is InChI=1S/C22H31I2NO11S/c1-7-14(27)18(31-4)15(28)22(34-7)35-17-13(24)12(23)11(16(30-3)19(17)32-5)21(29)37-20-8(2)33-10(36-25)6-9(20)26/h7-10,14-15,18,20,22,26-28H,6,25H2,1-5H3/t7-,8+,9-,10-,14-,15+,18+,20+,22-/m0/s1. The zero-order valence-corrected chi connectivity index (χ0v) is 25.9. The Morgan fingerprint density at radius 1 is 0.973 bits per heavy atom. The summed E-state index contributed by atoms with van der Waals surface area (Å²) in [7, 11) is 4.16. The van der Waals surface area contributed by atoms with E-state index in [1.807, 2.05) is 45.2 Å². The maximum Gasteiger partial charge on any atom is 0.229 e. The molecular weight excluding hydrogens is 740 g/mol. The van der Waals surface area contributed by atoms with Gasteiger partial charge in [-0.05, 0) is 59.0 Å². The van der Waals surface area contributed by atoms with Crippen LogP contribution in [0.1, 0.15) is 30.6 Å². The highest BCUT2D eigenvalue weighted by atomic mass is 127. The van der Waals surface area contributed by atoms with Crippen molar-refractivity contribution >= 4 is 62.1 Å². The molecule has 0 spiro atoms. The first-order valence-electron chi connectivity index (χ1n) is 11.2. The number of hydrogen-bond acceptors (Lipinski definition) is 13. The van der Waals surface area contributed by atoms with Gasteiger partial charge in [-0.3, -0.25) is 9.63 Å². The van der Waals surface area contributed by atoms with Gasteiger partial charge in [0.05, 0.1) is 46.9 Å². The minimum Gasteiger partial charge on any atom is -0.492 e. The number of aliphatic hydroxyl groups excluding tert-OH is 3. The molecule has 0 aromatic heterocycles. The van der Waals surface area contributed by atoms with Crippen LogP contribution in [0.5, 0.6) is 17.2 Å². The summed E-state index contributed by atoms with van der Waals surface area (Å²) in [6, 6.07) is 0. The lowest BCUT2D eigenvalue weighted by Crippen LogP contribution is -2.59. The van der Waals surface area contributed by atoms with Crippen molar-refractivity contribution in [1.82, 2.24) is 0 Å². The second kappa shape index (κ2) is 13.4. The van der Waals surface area contributed by atoms with Crippen LogP contribution in [0.25, 0.3) is 0 Å². The van der Waals surface area contributed by atoms with Gasteiger partial charge in [0.1, 0.15) is 18.3 Å². The zero-order valence-electron chi connectivity index (χ0n) is 20.8. The van der Waals surface area contributed by atoms with Crippen molar-refractivity contribution in [2.45, 2.75) is 74.7 Å². The van der Waals surface area contributed by atoms with E-state index >= 15 is 0 Å². The third kappa shape index (κ3) is 6.41. The third-order valence-corrected chi connectivity index (χ3v) is 10.7. The maximum atomic E-state index is 13.5.